The second kappa shape index (κ2) is 7.81. The zero-order chi connectivity index (χ0) is 19.6. The van der Waals surface area contributed by atoms with Gasteiger partial charge in [0, 0.05) is 49.6 Å². The first-order valence-electron chi connectivity index (χ1n) is 9.56. The summed E-state index contributed by atoms with van der Waals surface area (Å²) in [7, 11) is 0. The van der Waals surface area contributed by atoms with Crippen molar-refractivity contribution in [1.82, 2.24) is 19.9 Å². The first-order chi connectivity index (χ1) is 14.2. The van der Waals surface area contributed by atoms with Gasteiger partial charge in [-0.25, -0.2) is 14.4 Å². The van der Waals surface area contributed by atoms with Crippen molar-refractivity contribution in [2.45, 2.75) is 19.5 Å². The molecule has 1 aromatic carbocycles. The predicted octanol–water partition coefficient (Wildman–Crippen LogP) is 4.96. The highest BCUT2D eigenvalue weighted by atomic mass is 32.1. The summed E-state index contributed by atoms with van der Waals surface area (Å²) in [6, 6.07) is 14.6. The van der Waals surface area contributed by atoms with Gasteiger partial charge in [0.15, 0.2) is 5.82 Å². The van der Waals surface area contributed by atoms with E-state index in [4.69, 9.17) is 4.98 Å². The van der Waals surface area contributed by atoms with E-state index < -0.39 is 0 Å². The molecule has 0 spiro atoms. The molecular weight excluding hydrogens is 383 g/mol. The standard InChI is InChI=1S/C23H19FN4S/c24-19-6-4-17(5-7-19)20-8-3-16(12-25-20)14-28-10-9-21-18(15-28)13-26-23(27-21)22-2-1-11-29-22/h1-8,11-13H,9-10,14-15H2. The molecule has 4 nitrogen and oxygen atoms in total. The lowest BCUT2D eigenvalue weighted by atomic mass is 10.1. The minimum atomic E-state index is -0.234. The van der Waals surface area contributed by atoms with E-state index >= 15 is 0 Å². The molecule has 0 atom stereocenters. The van der Waals surface area contributed by atoms with Crippen molar-refractivity contribution in [2.24, 2.45) is 0 Å². The summed E-state index contributed by atoms with van der Waals surface area (Å²) in [6.45, 7) is 2.65. The van der Waals surface area contributed by atoms with Crippen LogP contribution in [0.15, 0.2) is 66.3 Å². The van der Waals surface area contributed by atoms with Crippen LogP contribution in [-0.4, -0.2) is 26.4 Å². The number of benzene rings is 1. The fraction of sp³-hybridized carbons (Fsp3) is 0.174. The number of fused-ring (bicyclic) bond motifs is 1. The zero-order valence-electron chi connectivity index (χ0n) is 15.8. The Morgan fingerprint density at radius 3 is 2.66 bits per heavy atom. The van der Waals surface area contributed by atoms with Crippen molar-refractivity contribution in [3.05, 3.63) is 88.9 Å². The average molecular weight is 402 g/mol. The summed E-state index contributed by atoms with van der Waals surface area (Å²) in [5.41, 5.74) is 5.29. The second-order valence-electron chi connectivity index (χ2n) is 7.16. The van der Waals surface area contributed by atoms with Gasteiger partial charge in [0.2, 0.25) is 0 Å². The molecule has 0 aliphatic carbocycles. The molecule has 1 aliphatic rings. The van der Waals surface area contributed by atoms with Crippen molar-refractivity contribution >= 4 is 11.3 Å². The van der Waals surface area contributed by atoms with Gasteiger partial charge in [0.25, 0.3) is 0 Å². The summed E-state index contributed by atoms with van der Waals surface area (Å²) in [4.78, 5) is 17.4. The molecule has 29 heavy (non-hydrogen) atoms. The van der Waals surface area contributed by atoms with Gasteiger partial charge >= 0.3 is 0 Å². The minimum Gasteiger partial charge on any atom is -0.294 e. The number of rotatable bonds is 4. The van der Waals surface area contributed by atoms with Crippen LogP contribution in [0, 0.1) is 5.82 Å². The number of hydrogen-bond donors (Lipinski definition) is 0. The van der Waals surface area contributed by atoms with Crippen LogP contribution < -0.4 is 0 Å². The average Bonchev–Trinajstić information content (AvgIpc) is 3.30. The van der Waals surface area contributed by atoms with Gasteiger partial charge in [-0.1, -0.05) is 12.1 Å². The fourth-order valence-electron chi connectivity index (χ4n) is 3.60. The van der Waals surface area contributed by atoms with Crippen molar-refractivity contribution < 1.29 is 4.39 Å². The second-order valence-corrected chi connectivity index (χ2v) is 8.11. The lowest BCUT2D eigenvalue weighted by molar-refractivity contribution is 0.242. The highest BCUT2D eigenvalue weighted by molar-refractivity contribution is 7.13. The Balaban J connectivity index is 1.27. The minimum absolute atomic E-state index is 0.234. The van der Waals surface area contributed by atoms with Crippen molar-refractivity contribution in [2.75, 3.05) is 6.54 Å². The van der Waals surface area contributed by atoms with Crippen LogP contribution in [0.4, 0.5) is 4.39 Å². The molecule has 6 heteroatoms. The first-order valence-corrected chi connectivity index (χ1v) is 10.4. The molecule has 0 fully saturated rings. The number of halogens is 1. The van der Waals surface area contributed by atoms with Crippen LogP contribution >= 0.6 is 11.3 Å². The Morgan fingerprint density at radius 1 is 1.00 bits per heavy atom. The maximum absolute atomic E-state index is 13.1. The van der Waals surface area contributed by atoms with Crippen LogP contribution in [0.5, 0.6) is 0 Å². The van der Waals surface area contributed by atoms with E-state index in [-0.39, 0.29) is 5.82 Å². The molecule has 0 amide bonds. The molecule has 3 aromatic heterocycles. The summed E-state index contributed by atoms with van der Waals surface area (Å²) in [6.07, 6.45) is 4.81. The van der Waals surface area contributed by atoms with Crippen molar-refractivity contribution in [3.8, 4) is 22.0 Å². The van der Waals surface area contributed by atoms with Crippen molar-refractivity contribution in [1.29, 1.82) is 0 Å². The lowest BCUT2D eigenvalue weighted by Crippen LogP contribution is -2.31. The Kier molecular flexibility index (Phi) is 4.87. The van der Waals surface area contributed by atoms with Gasteiger partial charge in [0.05, 0.1) is 16.3 Å². The molecule has 0 unspecified atom stereocenters. The highest BCUT2D eigenvalue weighted by Gasteiger charge is 2.19. The molecule has 0 bridgehead atoms. The highest BCUT2D eigenvalue weighted by Crippen LogP contribution is 2.25. The maximum atomic E-state index is 13.1. The van der Waals surface area contributed by atoms with E-state index in [9.17, 15) is 4.39 Å². The predicted molar refractivity (Wildman–Crippen MR) is 113 cm³/mol. The summed E-state index contributed by atoms with van der Waals surface area (Å²) >= 11 is 1.67. The molecule has 4 aromatic rings. The van der Waals surface area contributed by atoms with Crippen LogP contribution in [0.25, 0.3) is 22.0 Å². The topological polar surface area (TPSA) is 41.9 Å². The third-order valence-corrected chi connectivity index (χ3v) is 5.99. The van der Waals surface area contributed by atoms with Gasteiger partial charge in [-0.05, 0) is 47.3 Å². The molecule has 0 radical (unpaired) electrons. The van der Waals surface area contributed by atoms with Gasteiger partial charge in [-0.15, -0.1) is 11.3 Å². The van der Waals surface area contributed by atoms with Crippen LogP contribution in [0.1, 0.15) is 16.8 Å². The molecular formula is C23H19FN4S. The van der Waals surface area contributed by atoms with Gasteiger partial charge in [-0.2, -0.15) is 0 Å². The maximum Gasteiger partial charge on any atom is 0.169 e. The molecule has 0 saturated carbocycles. The normalized spacial score (nSPS) is 14.0. The summed E-state index contributed by atoms with van der Waals surface area (Å²) in [5, 5.41) is 2.05. The Morgan fingerprint density at radius 2 is 1.90 bits per heavy atom. The van der Waals surface area contributed by atoms with Gasteiger partial charge < -0.3 is 0 Å². The van der Waals surface area contributed by atoms with E-state index in [0.717, 1.165) is 59.3 Å². The molecule has 1 aliphatic heterocycles. The molecule has 144 valence electrons. The number of nitrogens with zero attached hydrogens (tertiary/aromatic N) is 4. The first kappa shape index (κ1) is 18.1. The van der Waals surface area contributed by atoms with E-state index in [1.54, 1.807) is 23.5 Å². The Hall–Kier alpha value is -2.96. The smallest absolute Gasteiger partial charge is 0.169 e. The molecule has 0 N–H and O–H groups in total. The van der Waals surface area contributed by atoms with Crippen molar-refractivity contribution in [3.63, 3.8) is 0 Å². The quantitative estimate of drug-likeness (QED) is 0.484. The van der Waals surface area contributed by atoms with E-state index in [1.165, 1.54) is 17.7 Å². The Labute approximate surface area is 172 Å². The summed E-state index contributed by atoms with van der Waals surface area (Å²) < 4.78 is 13.1. The van der Waals surface area contributed by atoms with Crippen LogP contribution in [-0.2, 0) is 19.5 Å². The SMILES string of the molecule is Fc1ccc(-c2ccc(CN3CCc4nc(-c5cccs5)ncc4C3)cn2)cc1. The Bertz CT molecular complexity index is 1110. The fourth-order valence-corrected chi connectivity index (χ4v) is 4.27. The largest absolute Gasteiger partial charge is 0.294 e. The number of pyridine rings is 1. The molecule has 4 heterocycles. The van der Waals surface area contributed by atoms with Crippen LogP contribution in [0.3, 0.4) is 0 Å². The summed E-state index contributed by atoms with van der Waals surface area (Å²) in [5.74, 6) is 0.593. The van der Waals surface area contributed by atoms with E-state index in [0.29, 0.717) is 0 Å². The van der Waals surface area contributed by atoms with Gasteiger partial charge in [-0.3, -0.25) is 9.88 Å². The van der Waals surface area contributed by atoms with Gasteiger partial charge in [0.1, 0.15) is 5.82 Å². The third kappa shape index (κ3) is 3.95. The molecule has 0 saturated heterocycles. The lowest BCUT2D eigenvalue weighted by Gasteiger charge is -2.28. The molecule has 5 rings (SSSR count). The zero-order valence-corrected chi connectivity index (χ0v) is 16.6. The number of thiophene rings is 1. The van der Waals surface area contributed by atoms with Crippen LogP contribution in [0.2, 0.25) is 0 Å². The van der Waals surface area contributed by atoms with E-state index in [2.05, 4.69) is 32.4 Å². The van der Waals surface area contributed by atoms with E-state index in [1.807, 2.05) is 24.5 Å². The number of hydrogen-bond acceptors (Lipinski definition) is 5. The monoisotopic (exact) mass is 402 g/mol. The third-order valence-electron chi connectivity index (χ3n) is 5.13. The number of aromatic nitrogens is 3.